The largest absolute Gasteiger partial charge is 0.297 e. The molecule has 1 heterocycles. The molecule has 0 radical (unpaired) electrons. The summed E-state index contributed by atoms with van der Waals surface area (Å²) in [5.74, 6) is 2.26. The highest BCUT2D eigenvalue weighted by Crippen LogP contribution is 2.60. The fourth-order valence-electron chi connectivity index (χ4n) is 5.31. The maximum atomic E-state index is 12.9. The molecule has 0 atom stereocenters. The Labute approximate surface area is 138 Å². The third-order valence-corrected chi connectivity index (χ3v) is 6.61. The molecule has 0 amide bonds. The lowest BCUT2D eigenvalue weighted by molar-refractivity contribution is -0.144. The van der Waals surface area contributed by atoms with Gasteiger partial charge >= 0.3 is 0 Å². The number of halogens is 2. The van der Waals surface area contributed by atoms with Crippen LogP contribution in [0.3, 0.4) is 0 Å². The van der Waals surface area contributed by atoms with Crippen LogP contribution in [0.15, 0.2) is 11.0 Å². The molecule has 1 aromatic rings. The maximum Gasteiger partial charge on any atom is 0.287 e. The average Bonchev–Trinajstić information content (AvgIpc) is 2.46. The third kappa shape index (κ3) is 2.23. The van der Waals surface area contributed by atoms with Gasteiger partial charge in [-0.05, 0) is 56.3 Å². The quantitative estimate of drug-likeness (QED) is 0.847. The zero-order valence-electron chi connectivity index (χ0n) is 12.2. The molecule has 0 N–H and O–H groups in total. The van der Waals surface area contributed by atoms with Crippen LogP contribution in [-0.4, -0.2) is 15.6 Å². The van der Waals surface area contributed by atoms with Crippen LogP contribution in [0.4, 0.5) is 0 Å². The second-order valence-electron chi connectivity index (χ2n) is 7.39. The SMILES string of the molecule is O=C(Cn1ncc(Cl)c(Cl)c1=O)C12CC3CC(CC(C3)C1)C2. The normalized spacial score (nSPS) is 35.8. The van der Waals surface area contributed by atoms with E-state index in [9.17, 15) is 9.59 Å². The molecule has 0 unspecified atom stereocenters. The maximum absolute atomic E-state index is 12.9. The molecule has 0 aliphatic heterocycles. The molecule has 0 saturated heterocycles. The Bertz CT molecular complexity index is 663. The van der Waals surface area contributed by atoms with Crippen LogP contribution in [-0.2, 0) is 11.3 Å². The Morgan fingerprint density at radius 1 is 1.18 bits per heavy atom. The molecule has 4 aliphatic carbocycles. The summed E-state index contributed by atoms with van der Waals surface area (Å²) in [6.07, 6.45) is 8.18. The first-order valence-electron chi connectivity index (χ1n) is 7.91. The molecule has 0 aromatic carbocycles. The minimum atomic E-state index is -0.479. The topological polar surface area (TPSA) is 52.0 Å². The van der Waals surface area contributed by atoms with E-state index in [1.165, 1.54) is 25.5 Å². The lowest BCUT2D eigenvalue weighted by Crippen LogP contribution is -2.51. The monoisotopic (exact) mass is 340 g/mol. The summed E-state index contributed by atoms with van der Waals surface area (Å²) in [5.41, 5.74) is -0.700. The first-order valence-corrected chi connectivity index (χ1v) is 8.67. The van der Waals surface area contributed by atoms with Gasteiger partial charge < -0.3 is 0 Å². The highest BCUT2D eigenvalue weighted by molar-refractivity contribution is 6.41. The summed E-state index contributed by atoms with van der Waals surface area (Å²) in [6, 6.07) is 0. The van der Waals surface area contributed by atoms with Gasteiger partial charge in [0.15, 0.2) is 5.78 Å². The molecule has 4 nitrogen and oxygen atoms in total. The number of rotatable bonds is 3. The molecule has 118 valence electrons. The summed E-state index contributed by atoms with van der Waals surface area (Å²) in [7, 11) is 0. The Kier molecular flexibility index (Phi) is 3.39. The van der Waals surface area contributed by atoms with Crippen LogP contribution in [0.5, 0.6) is 0 Å². The summed E-state index contributed by atoms with van der Waals surface area (Å²) in [4.78, 5) is 25.0. The van der Waals surface area contributed by atoms with Crippen LogP contribution >= 0.6 is 23.2 Å². The standard InChI is InChI=1S/C16H18Cl2N2O2/c17-12-7-19-20(15(22)14(12)18)8-13(21)16-4-9-1-10(5-16)3-11(2-9)6-16/h7,9-11H,1-6,8H2. The van der Waals surface area contributed by atoms with E-state index in [4.69, 9.17) is 23.2 Å². The fourth-order valence-corrected chi connectivity index (χ4v) is 5.58. The van der Waals surface area contributed by atoms with E-state index in [1.54, 1.807) is 0 Å². The fraction of sp³-hybridized carbons (Fsp3) is 0.688. The predicted octanol–water partition coefficient (Wildman–Crippen LogP) is 3.34. The van der Waals surface area contributed by atoms with E-state index in [1.807, 2.05) is 0 Å². The van der Waals surface area contributed by atoms with Gasteiger partial charge in [0.1, 0.15) is 11.6 Å². The summed E-state index contributed by atoms with van der Waals surface area (Å²) < 4.78 is 1.16. The van der Waals surface area contributed by atoms with Crippen molar-refractivity contribution < 1.29 is 4.79 Å². The van der Waals surface area contributed by atoms with Crippen LogP contribution < -0.4 is 5.56 Å². The van der Waals surface area contributed by atoms with Crippen LogP contribution in [0.2, 0.25) is 10.0 Å². The number of ketones is 1. The van der Waals surface area contributed by atoms with Gasteiger partial charge in [0.05, 0.1) is 11.2 Å². The third-order valence-electron chi connectivity index (χ3n) is 5.87. The summed E-state index contributed by atoms with van der Waals surface area (Å²) in [5, 5.41) is 4.04. The Morgan fingerprint density at radius 2 is 1.73 bits per heavy atom. The number of hydrogen-bond donors (Lipinski definition) is 0. The number of aromatic nitrogens is 2. The van der Waals surface area contributed by atoms with E-state index in [0.717, 1.165) is 23.9 Å². The van der Waals surface area contributed by atoms with Crippen molar-refractivity contribution in [3.8, 4) is 0 Å². The molecule has 4 saturated carbocycles. The molecule has 4 fully saturated rings. The van der Waals surface area contributed by atoms with Crippen LogP contribution in [0.1, 0.15) is 38.5 Å². The number of nitrogens with zero attached hydrogens (tertiary/aromatic N) is 2. The summed E-state index contributed by atoms with van der Waals surface area (Å²) in [6.45, 7) is 0.0158. The van der Waals surface area contributed by atoms with Gasteiger partial charge in [-0.1, -0.05) is 23.2 Å². The van der Waals surface area contributed by atoms with Gasteiger partial charge in [-0.2, -0.15) is 5.10 Å². The van der Waals surface area contributed by atoms with Crippen molar-refractivity contribution in [2.45, 2.75) is 45.1 Å². The van der Waals surface area contributed by atoms with Crippen molar-refractivity contribution in [2.75, 3.05) is 0 Å². The first-order chi connectivity index (χ1) is 10.5. The molecule has 5 rings (SSSR count). The van der Waals surface area contributed by atoms with Gasteiger partial charge in [-0.15, -0.1) is 0 Å². The van der Waals surface area contributed by atoms with Crippen LogP contribution in [0, 0.1) is 23.2 Å². The van der Waals surface area contributed by atoms with E-state index in [0.29, 0.717) is 17.8 Å². The lowest BCUT2D eigenvalue weighted by atomic mass is 9.48. The van der Waals surface area contributed by atoms with Crippen molar-refractivity contribution in [1.82, 2.24) is 9.78 Å². The van der Waals surface area contributed by atoms with Crippen molar-refractivity contribution >= 4 is 29.0 Å². The van der Waals surface area contributed by atoms with Gasteiger partial charge in [-0.25, -0.2) is 4.68 Å². The molecule has 22 heavy (non-hydrogen) atoms. The highest BCUT2D eigenvalue weighted by atomic mass is 35.5. The minimum absolute atomic E-state index is 0.0158. The van der Waals surface area contributed by atoms with E-state index in [2.05, 4.69) is 5.10 Å². The van der Waals surface area contributed by atoms with E-state index in [-0.39, 0.29) is 27.8 Å². The average molecular weight is 341 g/mol. The zero-order chi connectivity index (χ0) is 15.5. The molecule has 0 spiro atoms. The molecule has 1 aromatic heterocycles. The second-order valence-corrected chi connectivity index (χ2v) is 8.18. The Morgan fingerprint density at radius 3 is 2.27 bits per heavy atom. The van der Waals surface area contributed by atoms with Crippen LogP contribution in [0.25, 0.3) is 0 Å². The van der Waals surface area contributed by atoms with Gasteiger partial charge in [0, 0.05) is 5.41 Å². The van der Waals surface area contributed by atoms with Crippen molar-refractivity contribution in [1.29, 1.82) is 0 Å². The van der Waals surface area contributed by atoms with Gasteiger partial charge in [0.2, 0.25) is 0 Å². The Balaban J connectivity index is 1.61. The number of hydrogen-bond acceptors (Lipinski definition) is 3. The zero-order valence-corrected chi connectivity index (χ0v) is 13.7. The number of carbonyl (C=O) groups excluding carboxylic acids is 1. The van der Waals surface area contributed by atoms with Crippen molar-refractivity contribution in [3.05, 3.63) is 26.6 Å². The minimum Gasteiger partial charge on any atom is -0.297 e. The predicted molar refractivity (Wildman–Crippen MR) is 84.1 cm³/mol. The molecule has 4 bridgehead atoms. The molecule has 4 aliphatic rings. The Hall–Kier alpha value is -0.870. The smallest absolute Gasteiger partial charge is 0.287 e. The highest BCUT2D eigenvalue weighted by Gasteiger charge is 2.54. The van der Waals surface area contributed by atoms with Gasteiger partial charge in [0.25, 0.3) is 5.56 Å². The van der Waals surface area contributed by atoms with E-state index < -0.39 is 5.56 Å². The summed E-state index contributed by atoms with van der Waals surface area (Å²) >= 11 is 11.7. The molecular formula is C16H18Cl2N2O2. The molecular weight excluding hydrogens is 323 g/mol. The first kappa shape index (κ1) is 14.7. The van der Waals surface area contributed by atoms with E-state index >= 15 is 0 Å². The molecule has 6 heteroatoms. The number of Topliss-reactive ketones (excluding diaryl/α,β-unsaturated/α-hetero) is 1. The second kappa shape index (κ2) is 5.07. The van der Waals surface area contributed by atoms with Gasteiger partial charge in [-0.3, -0.25) is 9.59 Å². The van der Waals surface area contributed by atoms with Crippen molar-refractivity contribution in [3.63, 3.8) is 0 Å². The van der Waals surface area contributed by atoms with Crippen molar-refractivity contribution in [2.24, 2.45) is 23.2 Å². The lowest BCUT2D eigenvalue weighted by Gasteiger charge is -2.55. The number of carbonyl (C=O) groups is 1.